The summed E-state index contributed by atoms with van der Waals surface area (Å²) in [6.07, 6.45) is 9.02. The number of hydrogen-bond acceptors (Lipinski definition) is 0. The Morgan fingerprint density at radius 3 is 3.33 bits per heavy atom. The molecule has 2 aliphatic rings. The molecule has 2 rings (SSSR count). The van der Waals surface area contributed by atoms with Crippen LogP contribution in [-0.4, -0.2) is 12.6 Å². The minimum atomic E-state index is 0.565. The van der Waals surface area contributed by atoms with Gasteiger partial charge in [-0.3, -0.25) is 0 Å². The van der Waals surface area contributed by atoms with Gasteiger partial charge >= 0.3 is 0 Å². The van der Waals surface area contributed by atoms with Crippen molar-refractivity contribution >= 4 is 0 Å². The van der Waals surface area contributed by atoms with E-state index in [2.05, 4.69) is 23.5 Å². The lowest BCUT2D eigenvalue weighted by Gasteiger charge is -2.14. The summed E-state index contributed by atoms with van der Waals surface area (Å²) in [5.41, 5.74) is 1.54. The smallest absolute Gasteiger partial charge is 0.0496 e. The van der Waals surface area contributed by atoms with Crippen molar-refractivity contribution in [2.45, 2.75) is 18.9 Å². The van der Waals surface area contributed by atoms with Crippen LogP contribution in [0.1, 0.15) is 12.8 Å². The van der Waals surface area contributed by atoms with E-state index >= 15 is 0 Å². The molecule has 1 nitrogen and oxygen atoms in total. The monoisotopic (exact) mass is 120 g/mol. The van der Waals surface area contributed by atoms with E-state index in [-0.39, 0.29) is 0 Å². The molecular formula is C8H10N. The predicted octanol–water partition coefficient (Wildman–Crippen LogP) is 1.25. The zero-order chi connectivity index (χ0) is 6.10. The molecule has 47 valence electrons. The highest BCUT2D eigenvalue weighted by atomic mass is 14.9. The standard InChI is InChI=1S/C8H10N/c1-2-4-8-7(3-1)5-6-9-8/h1-2,5,8H,3-4,6H2. The van der Waals surface area contributed by atoms with E-state index in [4.69, 9.17) is 0 Å². The van der Waals surface area contributed by atoms with Gasteiger partial charge in [-0.1, -0.05) is 23.8 Å². The predicted molar refractivity (Wildman–Crippen MR) is 37.2 cm³/mol. The molecule has 0 saturated carbocycles. The van der Waals surface area contributed by atoms with Gasteiger partial charge in [0.2, 0.25) is 0 Å². The van der Waals surface area contributed by atoms with Crippen LogP contribution in [0.2, 0.25) is 0 Å². The average molecular weight is 120 g/mol. The van der Waals surface area contributed by atoms with Crippen molar-refractivity contribution in [3.8, 4) is 0 Å². The van der Waals surface area contributed by atoms with Gasteiger partial charge in [0, 0.05) is 12.6 Å². The Hall–Kier alpha value is -0.560. The Balaban J connectivity index is 2.20. The molecule has 1 atom stereocenters. The summed E-state index contributed by atoms with van der Waals surface area (Å²) in [5, 5.41) is 4.41. The molecule has 0 aromatic heterocycles. The van der Waals surface area contributed by atoms with Gasteiger partial charge in [-0.2, -0.15) is 0 Å². The second-order valence-electron chi connectivity index (χ2n) is 2.57. The van der Waals surface area contributed by atoms with Gasteiger partial charge in [0.15, 0.2) is 0 Å². The maximum absolute atomic E-state index is 4.41. The summed E-state index contributed by atoms with van der Waals surface area (Å²) in [7, 11) is 0. The summed E-state index contributed by atoms with van der Waals surface area (Å²) in [6, 6.07) is 0.565. The van der Waals surface area contributed by atoms with E-state index < -0.39 is 0 Å². The Morgan fingerprint density at radius 2 is 2.44 bits per heavy atom. The fourth-order valence-corrected chi connectivity index (χ4v) is 1.44. The normalized spacial score (nSPS) is 32.0. The number of rotatable bonds is 0. The van der Waals surface area contributed by atoms with Crippen LogP contribution in [0.25, 0.3) is 0 Å². The van der Waals surface area contributed by atoms with Gasteiger partial charge in [-0.05, 0) is 12.8 Å². The summed E-state index contributed by atoms with van der Waals surface area (Å²) >= 11 is 0. The molecular weight excluding hydrogens is 110 g/mol. The Kier molecular flexibility index (Phi) is 1.16. The quantitative estimate of drug-likeness (QED) is 0.427. The first-order valence-corrected chi connectivity index (χ1v) is 3.47. The van der Waals surface area contributed by atoms with Crippen LogP contribution in [0.4, 0.5) is 0 Å². The molecule has 0 aromatic rings. The van der Waals surface area contributed by atoms with Gasteiger partial charge in [-0.15, -0.1) is 0 Å². The summed E-state index contributed by atoms with van der Waals surface area (Å²) in [6.45, 7) is 0.960. The van der Waals surface area contributed by atoms with Crippen molar-refractivity contribution < 1.29 is 0 Å². The van der Waals surface area contributed by atoms with Gasteiger partial charge in [0.05, 0.1) is 0 Å². The summed E-state index contributed by atoms with van der Waals surface area (Å²) < 4.78 is 0. The lowest BCUT2D eigenvalue weighted by molar-refractivity contribution is 0.621. The summed E-state index contributed by atoms with van der Waals surface area (Å²) in [4.78, 5) is 0. The molecule has 0 aromatic carbocycles. The lowest BCUT2D eigenvalue weighted by Crippen LogP contribution is -2.18. The third-order valence-corrected chi connectivity index (χ3v) is 1.99. The van der Waals surface area contributed by atoms with E-state index in [1.165, 1.54) is 5.57 Å². The van der Waals surface area contributed by atoms with Crippen LogP contribution in [0.3, 0.4) is 0 Å². The Bertz CT molecular complexity index is 167. The largest absolute Gasteiger partial charge is 0.230 e. The van der Waals surface area contributed by atoms with Crippen molar-refractivity contribution in [1.29, 1.82) is 0 Å². The van der Waals surface area contributed by atoms with Gasteiger partial charge in [-0.25, -0.2) is 5.32 Å². The van der Waals surface area contributed by atoms with Crippen LogP contribution >= 0.6 is 0 Å². The number of allylic oxidation sites excluding steroid dienone is 1. The molecule has 1 heterocycles. The number of hydrogen-bond donors (Lipinski definition) is 0. The summed E-state index contributed by atoms with van der Waals surface area (Å²) in [5.74, 6) is 0. The first-order chi connectivity index (χ1) is 4.47. The fourth-order valence-electron chi connectivity index (χ4n) is 1.44. The van der Waals surface area contributed by atoms with Gasteiger partial charge < -0.3 is 0 Å². The Labute approximate surface area is 55.5 Å². The molecule has 1 aliphatic carbocycles. The molecule has 0 saturated heterocycles. The maximum Gasteiger partial charge on any atom is 0.0496 e. The molecule has 0 amide bonds. The van der Waals surface area contributed by atoms with E-state index in [0.29, 0.717) is 6.04 Å². The molecule has 1 heteroatoms. The van der Waals surface area contributed by atoms with Gasteiger partial charge in [0.25, 0.3) is 0 Å². The zero-order valence-electron chi connectivity index (χ0n) is 5.38. The molecule has 0 N–H and O–H groups in total. The van der Waals surface area contributed by atoms with Crippen molar-refractivity contribution in [3.05, 3.63) is 23.8 Å². The van der Waals surface area contributed by atoms with E-state index in [0.717, 1.165) is 19.4 Å². The third-order valence-electron chi connectivity index (χ3n) is 1.99. The molecule has 1 aliphatic heterocycles. The average Bonchev–Trinajstić information content (AvgIpc) is 2.33. The second-order valence-corrected chi connectivity index (χ2v) is 2.57. The minimum Gasteiger partial charge on any atom is -0.230 e. The highest BCUT2D eigenvalue weighted by Gasteiger charge is 2.19. The first-order valence-electron chi connectivity index (χ1n) is 3.47. The van der Waals surface area contributed by atoms with Crippen molar-refractivity contribution in [2.75, 3.05) is 6.54 Å². The van der Waals surface area contributed by atoms with Crippen LogP contribution in [-0.2, 0) is 0 Å². The SMILES string of the molecule is C1=CCC2[N]CC=C2C1. The first kappa shape index (κ1) is 5.24. The Morgan fingerprint density at radius 1 is 1.44 bits per heavy atom. The zero-order valence-corrected chi connectivity index (χ0v) is 5.38. The molecule has 0 bridgehead atoms. The second kappa shape index (κ2) is 1.99. The molecule has 1 radical (unpaired) electrons. The highest BCUT2D eigenvalue weighted by Crippen LogP contribution is 2.21. The van der Waals surface area contributed by atoms with Crippen LogP contribution in [0, 0.1) is 0 Å². The molecule has 9 heavy (non-hydrogen) atoms. The maximum atomic E-state index is 4.41. The van der Waals surface area contributed by atoms with Crippen LogP contribution < -0.4 is 5.32 Å². The van der Waals surface area contributed by atoms with Gasteiger partial charge in [0.1, 0.15) is 0 Å². The third kappa shape index (κ3) is 0.815. The van der Waals surface area contributed by atoms with Crippen LogP contribution in [0.5, 0.6) is 0 Å². The fraction of sp³-hybridized carbons (Fsp3) is 0.500. The molecule has 0 spiro atoms. The lowest BCUT2D eigenvalue weighted by atomic mass is 9.98. The number of nitrogens with zero attached hydrogens (tertiary/aromatic N) is 1. The molecule has 1 unspecified atom stereocenters. The van der Waals surface area contributed by atoms with Crippen molar-refractivity contribution in [1.82, 2.24) is 5.32 Å². The topological polar surface area (TPSA) is 14.1 Å². The highest BCUT2D eigenvalue weighted by molar-refractivity contribution is 5.24. The van der Waals surface area contributed by atoms with E-state index in [9.17, 15) is 0 Å². The van der Waals surface area contributed by atoms with Crippen molar-refractivity contribution in [3.63, 3.8) is 0 Å². The number of fused-ring (bicyclic) bond motifs is 1. The minimum absolute atomic E-state index is 0.565. The van der Waals surface area contributed by atoms with Crippen molar-refractivity contribution in [2.24, 2.45) is 0 Å². The van der Waals surface area contributed by atoms with Crippen LogP contribution in [0.15, 0.2) is 23.8 Å². The van der Waals surface area contributed by atoms with E-state index in [1.807, 2.05) is 0 Å². The van der Waals surface area contributed by atoms with E-state index in [1.54, 1.807) is 0 Å². The molecule has 0 fully saturated rings.